The molecular formula is C19H19NO3. The molecule has 2 bridgehead atoms. The lowest BCUT2D eigenvalue weighted by atomic mass is 9.28. The van der Waals surface area contributed by atoms with Crippen LogP contribution < -0.4 is 0 Å². The van der Waals surface area contributed by atoms with E-state index in [-0.39, 0.29) is 23.3 Å². The number of likely N-dealkylation sites (tertiary alicyclic amines) is 1. The van der Waals surface area contributed by atoms with Gasteiger partial charge in [0.15, 0.2) is 0 Å². The normalized spacial score (nSPS) is 47.6. The molecule has 2 N–H and O–H groups in total. The summed E-state index contributed by atoms with van der Waals surface area (Å²) in [6, 6.07) is 3.83. The number of nitrogens with zero attached hydrogens (tertiary/aromatic N) is 1. The zero-order valence-electron chi connectivity index (χ0n) is 12.9. The highest BCUT2D eigenvalue weighted by Gasteiger charge is 2.92. The third kappa shape index (κ3) is 0.898. The van der Waals surface area contributed by atoms with E-state index in [9.17, 15) is 15.0 Å². The number of piperidine rings is 1. The van der Waals surface area contributed by atoms with Gasteiger partial charge >= 0.3 is 0 Å². The van der Waals surface area contributed by atoms with Gasteiger partial charge in [0, 0.05) is 30.3 Å². The number of phenols is 1. The first kappa shape index (κ1) is 12.7. The summed E-state index contributed by atoms with van der Waals surface area (Å²) in [7, 11) is 0. The van der Waals surface area contributed by atoms with E-state index in [4.69, 9.17) is 0 Å². The van der Waals surface area contributed by atoms with Crippen molar-refractivity contribution < 1.29 is 15.0 Å². The van der Waals surface area contributed by atoms with Crippen LogP contribution in [-0.2, 0) is 23.1 Å². The minimum Gasteiger partial charge on any atom is -0.508 e. The van der Waals surface area contributed by atoms with Gasteiger partial charge in [0.1, 0.15) is 17.1 Å². The molecule has 2 saturated carbocycles. The van der Waals surface area contributed by atoms with Crippen LogP contribution in [0.2, 0.25) is 0 Å². The molecule has 4 heteroatoms. The Morgan fingerprint density at radius 1 is 1.39 bits per heavy atom. The molecule has 0 amide bonds. The number of hydrogen-bond donors (Lipinski definition) is 2. The van der Waals surface area contributed by atoms with Crippen LogP contribution in [0.1, 0.15) is 29.5 Å². The fourth-order valence-electron chi connectivity index (χ4n) is 7.27. The van der Waals surface area contributed by atoms with Gasteiger partial charge < -0.3 is 10.2 Å². The van der Waals surface area contributed by atoms with E-state index >= 15 is 0 Å². The van der Waals surface area contributed by atoms with Crippen LogP contribution in [0.3, 0.4) is 0 Å². The molecule has 1 saturated heterocycles. The van der Waals surface area contributed by atoms with Gasteiger partial charge in [-0.25, -0.2) is 0 Å². The highest BCUT2D eigenvalue weighted by molar-refractivity contribution is 5.92. The fourth-order valence-corrected chi connectivity index (χ4v) is 7.27. The van der Waals surface area contributed by atoms with Crippen molar-refractivity contribution in [2.24, 2.45) is 5.92 Å². The summed E-state index contributed by atoms with van der Waals surface area (Å²) in [4.78, 5) is 15.2. The van der Waals surface area contributed by atoms with Gasteiger partial charge in [-0.2, -0.15) is 0 Å². The summed E-state index contributed by atoms with van der Waals surface area (Å²) in [6.45, 7) is 4.58. The number of carbonyl (C=O) groups is 1. The monoisotopic (exact) mass is 309 g/mol. The van der Waals surface area contributed by atoms with Gasteiger partial charge in [-0.15, -0.1) is 6.58 Å². The van der Waals surface area contributed by atoms with Gasteiger partial charge in [-0.3, -0.25) is 9.69 Å². The molecule has 3 fully saturated rings. The van der Waals surface area contributed by atoms with Crippen molar-refractivity contribution in [1.29, 1.82) is 0 Å². The lowest BCUT2D eigenvalue weighted by Gasteiger charge is -2.87. The molecule has 1 aromatic carbocycles. The number of aromatic hydroxyl groups is 1. The second-order valence-corrected chi connectivity index (χ2v) is 8.10. The molecule has 4 aliphatic carbocycles. The highest BCUT2D eigenvalue weighted by Crippen LogP contribution is 2.80. The van der Waals surface area contributed by atoms with Crippen molar-refractivity contribution in [2.75, 3.05) is 6.54 Å². The molecule has 5 aliphatic rings. The summed E-state index contributed by atoms with van der Waals surface area (Å²) < 4.78 is 0. The predicted molar refractivity (Wildman–Crippen MR) is 83.3 cm³/mol. The molecular weight excluding hydrogens is 290 g/mol. The van der Waals surface area contributed by atoms with E-state index in [0.717, 1.165) is 30.5 Å². The topological polar surface area (TPSA) is 60.8 Å². The van der Waals surface area contributed by atoms with Crippen molar-refractivity contribution in [1.82, 2.24) is 4.90 Å². The summed E-state index contributed by atoms with van der Waals surface area (Å²) in [5.74, 6) is 0.407. The molecule has 0 aromatic heterocycles. The van der Waals surface area contributed by atoms with Crippen LogP contribution in [0.15, 0.2) is 24.8 Å². The maximum Gasteiger partial charge on any atom is 0.139 e. The van der Waals surface area contributed by atoms with Crippen molar-refractivity contribution >= 4 is 5.78 Å². The molecule has 23 heavy (non-hydrogen) atoms. The minimum atomic E-state index is -0.798. The van der Waals surface area contributed by atoms with Crippen LogP contribution in [-0.4, -0.2) is 44.6 Å². The summed E-state index contributed by atoms with van der Waals surface area (Å²) in [5, 5.41) is 22.1. The summed E-state index contributed by atoms with van der Waals surface area (Å²) in [6.07, 6.45) is 4.57. The fraction of sp³-hybridized carbons (Fsp3) is 0.526. The number of benzene rings is 1. The maximum atomic E-state index is 12.8. The first-order valence-corrected chi connectivity index (χ1v) is 8.48. The quantitative estimate of drug-likeness (QED) is 0.803. The first-order valence-electron chi connectivity index (χ1n) is 8.48. The lowest BCUT2D eigenvalue weighted by Crippen LogP contribution is -3.02. The highest BCUT2D eigenvalue weighted by atomic mass is 16.3. The molecule has 5 atom stereocenters. The van der Waals surface area contributed by atoms with Gasteiger partial charge in [0.25, 0.3) is 0 Å². The van der Waals surface area contributed by atoms with Crippen LogP contribution in [0.5, 0.6) is 5.75 Å². The number of rotatable bonds is 2. The average Bonchev–Trinajstić information content (AvgIpc) is 2.90. The molecule has 118 valence electrons. The molecule has 1 heterocycles. The van der Waals surface area contributed by atoms with E-state index in [1.165, 1.54) is 5.56 Å². The van der Waals surface area contributed by atoms with Crippen LogP contribution in [0.4, 0.5) is 0 Å². The van der Waals surface area contributed by atoms with Crippen molar-refractivity contribution in [2.45, 2.75) is 48.3 Å². The zero-order valence-corrected chi connectivity index (χ0v) is 12.9. The Balaban J connectivity index is 1.67. The molecule has 1 unspecified atom stereocenters. The number of aliphatic hydroxyl groups is 1. The molecule has 4 nitrogen and oxygen atoms in total. The number of carbonyl (C=O) groups excluding carboxylic acids is 1. The van der Waals surface area contributed by atoms with Gasteiger partial charge in [0.05, 0.1) is 5.54 Å². The Morgan fingerprint density at radius 3 is 3.00 bits per heavy atom. The Bertz CT molecular complexity index is 832. The van der Waals surface area contributed by atoms with E-state index in [1.54, 1.807) is 6.07 Å². The van der Waals surface area contributed by atoms with Crippen LogP contribution in [0.25, 0.3) is 0 Å². The Kier molecular flexibility index (Phi) is 1.80. The second-order valence-electron chi connectivity index (χ2n) is 8.10. The largest absolute Gasteiger partial charge is 0.508 e. The smallest absolute Gasteiger partial charge is 0.139 e. The third-order valence-electron chi connectivity index (χ3n) is 7.79. The molecule has 6 rings (SSSR count). The number of hydrogen-bond acceptors (Lipinski definition) is 4. The molecule has 0 radical (unpaired) electrons. The van der Waals surface area contributed by atoms with E-state index in [1.807, 2.05) is 12.1 Å². The maximum absolute atomic E-state index is 12.8. The number of phenolic OH excluding ortho intramolecular Hbond substituents is 1. The molecule has 2 spiro atoms. The van der Waals surface area contributed by atoms with E-state index in [0.29, 0.717) is 18.6 Å². The average molecular weight is 309 g/mol. The van der Waals surface area contributed by atoms with E-state index in [2.05, 4.69) is 11.5 Å². The van der Waals surface area contributed by atoms with Crippen LogP contribution >= 0.6 is 0 Å². The van der Waals surface area contributed by atoms with Crippen LogP contribution in [0, 0.1) is 5.92 Å². The Hall–Kier alpha value is -1.65. The molecule has 1 aliphatic heterocycles. The predicted octanol–water partition coefficient (Wildman–Crippen LogP) is 1.07. The van der Waals surface area contributed by atoms with Gasteiger partial charge in [0.2, 0.25) is 0 Å². The SMILES string of the molecule is C=CCN1[C@@H]2Cc3ccc(O)c4c3[C@@]35CC1(CC(=O)[C@@H]3C4)[C@@]25O. The van der Waals surface area contributed by atoms with Gasteiger partial charge in [-0.05, 0) is 42.0 Å². The molecule has 1 aromatic rings. The first-order chi connectivity index (χ1) is 11.0. The second kappa shape index (κ2) is 3.26. The minimum absolute atomic E-state index is 0.0767. The Labute approximate surface area is 134 Å². The van der Waals surface area contributed by atoms with E-state index < -0.39 is 11.0 Å². The standard InChI is InChI=1S/C19H19NO3/c1-2-5-20-15-6-10-3-4-13(21)11-7-12-14(22)8-17(20)9-18(12,16(10)11)19(15,17)23/h2-4,12,15,21,23H,1,5-9H2/t12-,15+,17?,18+,19-/m0/s1. The Morgan fingerprint density at radius 2 is 2.22 bits per heavy atom. The number of ketones is 1. The lowest BCUT2D eigenvalue weighted by molar-refractivity contribution is -0.382. The summed E-state index contributed by atoms with van der Waals surface area (Å²) >= 11 is 0. The van der Waals surface area contributed by atoms with Crippen molar-refractivity contribution in [3.63, 3.8) is 0 Å². The summed E-state index contributed by atoms with van der Waals surface area (Å²) in [5.41, 5.74) is 1.63. The van der Waals surface area contributed by atoms with Crippen molar-refractivity contribution in [3.05, 3.63) is 41.5 Å². The van der Waals surface area contributed by atoms with Gasteiger partial charge in [-0.1, -0.05) is 12.1 Å². The number of Topliss-reactive ketones (excluding diaryl/α,β-unsaturated/α-hetero) is 1. The third-order valence-corrected chi connectivity index (χ3v) is 7.79. The zero-order chi connectivity index (χ0) is 15.8. The van der Waals surface area contributed by atoms with Crippen molar-refractivity contribution in [3.8, 4) is 5.75 Å².